The minimum Gasteiger partial charge on any atom is -0.512 e. The zero-order valence-corrected chi connectivity index (χ0v) is 80.4. The fourth-order valence-corrected chi connectivity index (χ4v) is 15.6. The van der Waals surface area contributed by atoms with Crippen molar-refractivity contribution in [2.75, 3.05) is 0 Å². The Hall–Kier alpha value is -6.50. The predicted octanol–water partition coefficient (Wildman–Crippen LogP) is 21.9. The Morgan fingerprint density at radius 1 is 0.352 bits per heavy atom. The molecule has 0 aliphatic rings. The number of aliphatic hydroxyl groups excluding tert-OH is 3. The van der Waals surface area contributed by atoms with Crippen molar-refractivity contribution in [2.24, 2.45) is 32.5 Å². The second kappa shape index (κ2) is 39.6. The Bertz CT molecular complexity index is 4220. The molecule has 9 aromatic rings. The number of fused-ring (bicyclic) bond motifs is 3. The van der Waals surface area contributed by atoms with Crippen molar-refractivity contribution in [3.05, 3.63) is 197 Å². The zero-order chi connectivity index (χ0) is 80.3. The van der Waals surface area contributed by atoms with Gasteiger partial charge in [-0.25, -0.2) is 19.3 Å². The van der Waals surface area contributed by atoms with E-state index in [-0.39, 0.29) is 117 Å². The number of carbonyl (C=O) groups excluding carboxylic acids is 3. The molecule has 0 aliphatic carbocycles. The average Bonchev–Trinajstić information content (AvgIpc) is 0.795. The first kappa shape index (κ1) is 99.5. The zero-order valence-electron chi connectivity index (χ0n) is 70.3. The number of hydrogen-bond donors (Lipinski definition) is 3. The molecule has 3 heterocycles. The topological polar surface area (TPSA) is 189 Å². The second-order valence-electron chi connectivity index (χ2n) is 36.6. The Morgan fingerprint density at radius 2 is 0.583 bits per heavy atom. The van der Waals surface area contributed by atoms with Crippen LogP contribution in [0.3, 0.4) is 0 Å². The molecule has 3 radical (unpaired) electrons. The molecule has 0 spiro atoms. The first-order valence-corrected chi connectivity index (χ1v) is 46.5. The van der Waals surface area contributed by atoms with E-state index in [0.717, 1.165) is 61.0 Å². The molecule has 591 valence electrons. The minimum atomic E-state index is -1.38. The van der Waals surface area contributed by atoms with Gasteiger partial charge in [0.05, 0.1) is 16.6 Å². The van der Waals surface area contributed by atoms with Crippen LogP contribution in [-0.2, 0) is 74.7 Å². The van der Waals surface area contributed by atoms with Gasteiger partial charge in [-0.05, 0) is 82.5 Å². The van der Waals surface area contributed by atoms with Crippen molar-refractivity contribution in [1.82, 2.24) is 29.9 Å². The molecular weight excluding hydrogens is 1930 g/mol. The first-order chi connectivity index (χ1) is 47.7. The molecule has 0 amide bonds. The molecule has 0 unspecified atom stereocenters. The van der Waals surface area contributed by atoms with Crippen LogP contribution in [0.15, 0.2) is 145 Å². The van der Waals surface area contributed by atoms with E-state index in [4.69, 9.17) is 0 Å². The first-order valence-electron chi connectivity index (χ1n) is 36.0. The van der Waals surface area contributed by atoms with Gasteiger partial charge in [-0.15, -0.1) is 104 Å². The molecule has 9 rings (SSSR count). The summed E-state index contributed by atoms with van der Waals surface area (Å²) in [5.74, 6) is 0.0263. The summed E-state index contributed by atoms with van der Waals surface area (Å²) in [4.78, 5) is 60.8. The summed E-state index contributed by atoms with van der Waals surface area (Å²) >= 11 is 0. The summed E-state index contributed by atoms with van der Waals surface area (Å²) in [6.07, 6.45) is 8.77. The number of aliphatic hydroxyl groups is 3. The van der Waals surface area contributed by atoms with E-state index in [1.54, 1.807) is 18.7 Å². The second-order valence-corrected chi connectivity index (χ2v) is 51.7. The summed E-state index contributed by atoms with van der Waals surface area (Å²) in [5, 5.41) is 36.0. The third-order valence-corrected chi connectivity index (χ3v) is 23.6. The maximum absolute atomic E-state index is 13.4. The quantitative estimate of drug-likeness (QED) is 0.0538. The van der Waals surface area contributed by atoms with Gasteiger partial charge < -0.3 is 15.3 Å². The van der Waals surface area contributed by atoms with Crippen LogP contribution >= 0.6 is 0 Å². The van der Waals surface area contributed by atoms with Crippen LogP contribution in [0.5, 0.6) is 0 Å². The number of nitrogens with zero attached hydrogens (tertiary/aromatic N) is 6. The maximum atomic E-state index is 13.4. The largest absolute Gasteiger partial charge is 0.512 e. The third kappa shape index (κ3) is 30.0. The molecule has 3 aromatic heterocycles. The molecule has 0 saturated carbocycles. The van der Waals surface area contributed by atoms with E-state index in [0.29, 0.717) is 5.52 Å². The molecule has 6 aromatic carbocycles. The number of hydrogen-bond acceptors (Lipinski definition) is 12. The van der Waals surface area contributed by atoms with Gasteiger partial charge in [0.15, 0.2) is 17.3 Å². The normalized spacial score (nSPS) is 12.5. The van der Waals surface area contributed by atoms with Crippen molar-refractivity contribution in [2.45, 2.75) is 218 Å². The number of aryl methyl sites for hydroxylation is 5. The summed E-state index contributed by atoms with van der Waals surface area (Å²) in [7, 11) is -4.03. The predicted molar refractivity (Wildman–Crippen MR) is 448 cm³/mol. The van der Waals surface area contributed by atoms with Crippen LogP contribution in [0, 0.1) is 91.1 Å². The van der Waals surface area contributed by atoms with Gasteiger partial charge in [-0.3, -0.25) is 29.3 Å². The molecule has 0 fully saturated rings. The fraction of sp³-hybridized carbons (Fsp3) is 0.427. The third-order valence-electron chi connectivity index (χ3n) is 17.2. The van der Waals surface area contributed by atoms with Gasteiger partial charge in [-0.2, -0.15) is 0 Å². The van der Waals surface area contributed by atoms with Gasteiger partial charge in [0.1, 0.15) is 42.1 Å². The van der Waals surface area contributed by atoms with Gasteiger partial charge in [-0.1, -0.05) is 235 Å². The summed E-state index contributed by atoms with van der Waals surface area (Å²) in [6.45, 7) is 65.2. The van der Waals surface area contributed by atoms with Crippen LogP contribution in [-0.4, -0.2) is 86.8 Å². The van der Waals surface area contributed by atoms with Gasteiger partial charge in [0.25, 0.3) is 0 Å². The number of benzene rings is 6. The van der Waals surface area contributed by atoms with E-state index in [2.05, 4.69) is 214 Å². The van der Waals surface area contributed by atoms with Crippen LogP contribution < -0.4 is 15.6 Å². The van der Waals surface area contributed by atoms with Crippen molar-refractivity contribution in [3.8, 4) is 33.8 Å². The Morgan fingerprint density at radius 3 is 0.796 bits per heavy atom. The SMILES string of the molecule is CC(C)(C)C(=O)C=C(O)C(C)(C)C.CC(C)(C)C(=O)C=C(O)C(C)(C)C.CC(C)(C)C(=O)C=C(O)C(C)(C)C.Cc1cc(-c2ncnc3cc(F)ccc23)[c-]cc1[Si](C)(C)C.Cc1ccc2c(-c3[c-]cc([Si](C)(C)C)c(C)c3)ncnc2c1.Cc1ccc2c(-c3[c-]cc([Si](C)(C)C)c(C)c3)ncnc2c1.[Ir].[Ir].[Ir]. The van der Waals surface area contributed by atoms with E-state index in [9.17, 15) is 34.1 Å². The Balaban J connectivity index is 0.000000657. The van der Waals surface area contributed by atoms with Gasteiger partial charge in [0, 0.05) is 135 Å². The van der Waals surface area contributed by atoms with E-state index in [1.165, 1.54) is 80.1 Å². The number of carbonyl (C=O) groups is 3. The van der Waals surface area contributed by atoms with Crippen LogP contribution in [0.4, 0.5) is 4.39 Å². The summed E-state index contributed by atoms with van der Waals surface area (Å²) in [6, 6.07) is 40.5. The minimum absolute atomic E-state index is 0. The molecule has 12 nitrogen and oxygen atoms in total. The monoisotopic (exact) mass is 2050 g/mol. The number of rotatable bonds is 9. The summed E-state index contributed by atoms with van der Waals surface area (Å²) < 4.78 is 13.4. The molecule has 0 atom stereocenters. The van der Waals surface area contributed by atoms with Crippen LogP contribution in [0.1, 0.15) is 152 Å². The molecule has 19 heteroatoms. The number of aromatic nitrogens is 6. The van der Waals surface area contributed by atoms with Crippen LogP contribution in [0.2, 0.25) is 58.9 Å². The molecular formula is C89H120FIr3N6O6Si3-3. The number of ketones is 3. The van der Waals surface area contributed by atoms with Crippen molar-refractivity contribution < 1.29 is 94.4 Å². The molecule has 0 aliphatic heterocycles. The Kier molecular flexibility index (Phi) is 36.5. The smallest absolute Gasteiger partial charge is 0.164 e. The van der Waals surface area contributed by atoms with E-state index in [1.807, 2.05) is 125 Å². The van der Waals surface area contributed by atoms with Crippen molar-refractivity contribution in [3.63, 3.8) is 0 Å². The van der Waals surface area contributed by atoms with E-state index >= 15 is 0 Å². The van der Waals surface area contributed by atoms with E-state index < -0.39 is 40.5 Å². The molecule has 108 heavy (non-hydrogen) atoms. The average molecular weight is 2050 g/mol. The Labute approximate surface area is 690 Å². The molecule has 3 N–H and O–H groups in total. The summed E-state index contributed by atoms with van der Waals surface area (Å²) in [5.41, 5.74) is 12.4. The number of halogens is 1. The van der Waals surface area contributed by atoms with Crippen molar-refractivity contribution >= 4 is 89.8 Å². The molecule has 0 saturated heterocycles. The molecule has 0 bridgehead atoms. The van der Waals surface area contributed by atoms with Crippen molar-refractivity contribution in [1.29, 1.82) is 0 Å². The fourth-order valence-electron chi connectivity index (χ4n) is 10.3. The number of allylic oxidation sites excluding steroid dienone is 6. The van der Waals surface area contributed by atoms with Gasteiger partial charge in [0.2, 0.25) is 0 Å². The standard InChI is InChI=1S/2C19H21N2Si.C18H18FN2Si.3C11H20O2.3Ir/c2*1-13-6-8-16-17(10-13)20-12-21-19(16)15-7-9-18(14(2)11-15)22(3,4)5;1-12-9-13(5-8-17(12)22(2,3)4)18-15-7-6-14(19)10-16(15)20-11-21-18;3*1-10(2,3)8(12)7-9(13)11(4,5)6;;;/h2*6,8-12H,1-5H3;6-11H,1-4H3;3*7,12H,1-6H3;;;/q3*-1;;;;;;. The van der Waals surface area contributed by atoms with Crippen LogP contribution in [0.25, 0.3) is 66.5 Å². The maximum Gasteiger partial charge on any atom is 0.164 e. The van der Waals surface area contributed by atoms with Gasteiger partial charge >= 0.3 is 0 Å².